The van der Waals surface area contributed by atoms with E-state index >= 15 is 0 Å². The molecule has 0 radical (unpaired) electrons. The van der Waals surface area contributed by atoms with Crippen LogP contribution in [-0.4, -0.2) is 44.8 Å². The molecule has 2 N–H and O–H groups in total. The van der Waals surface area contributed by atoms with E-state index in [1.165, 1.54) is 19.3 Å². The lowest BCUT2D eigenvalue weighted by atomic mass is 9.73. The maximum absolute atomic E-state index is 12.8. The highest BCUT2D eigenvalue weighted by Gasteiger charge is 2.42. The third-order valence-corrected chi connectivity index (χ3v) is 6.38. The van der Waals surface area contributed by atoms with Crippen molar-refractivity contribution in [3.8, 4) is 0 Å². The highest BCUT2D eigenvalue weighted by atomic mass is 16.3. The van der Waals surface area contributed by atoms with E-state index < -0.39 is 0 Å². The summed E-state index contributed by atoms with van der Waals surface area (Å²) in [5, 5.41) is 12.7. The number of piperidine rings is 2. The number of aliphatic hydroxyl groups excluding tert-OH is 1. The van der Waals surface area contributed by atoms with Crippen LogP contribution in [0.1, 0.15) is 44.0 Å². The standard InChI is InChI=1S/C20H26N4O2/c25-12-14-9-13-5-8-17(14)23(11-13)20(26)21-10-19-22-16-3-1-2-4-18(16)24(19)15-6-7-15/h1-4,13-15,17,25H,5-12H2,(H,21,26). The number of aromatic nitrogens is 2. The number of hydrogen-bond donors (Lipinski definition) is 2. The van der Waals surface area contributed by atoms with E-state index in [1.807, 2.05) is 23.1 Å². The van der Waals surface area contributed by atoms with Crippen LogP contribution in [0.2, 0.25) is 0 Å². The Morgan fingerprint density at radius 2 is 2.08 bits per heavy atom. The van der Waals surface area contributed by atoms with Gasteiger partial charge >= 0.3 is 6.03 Å². The normalized spacial score (nSPS) is 27.9. The first-order valence-corrected chi connectivity index (χ1v) is 9.85. The van der Waals surface area contributed by atoms with Crippen LogP contribution in [0.15, 0.2) is 24.3 Å². The summed E-state index contributed by atoms with van der Waals surface area (Å²) in [7, 11) is 0. The Morgan fingerprint density at radius 1 is 1.23 bits per heavy atom. The molecule has 2 bridgehead atoms. The Hall–Kier alpha value is -2.08. The van der Waals surface area contributed by atoms with Gasteiger partial charge in [-0.15, -0.1) is 0 Å². The molecule has 2 saturated carbocycles. The molecule has 0 spiro atoms. The quantitative estimate of drug-likeness (QED) is 0.887. The molecule has 1 aromatic heterocycles. The average molecular weight is 354 g/mol. The van der Waals surface area contributed by atoms with E-state index in [4.69, 9.17) is 4.98 Å². The minimum atomic E-state index is -0.00717. The van der Waals surface area contributed by atoms with Crippen LogP contribution in [0.4, 0.5) is 4.79 Å². The minimum absolute atomic E-state index is 0.00717. The smallest absolute Gasteiger partial charge is 0.318 e. The van der Waals surface area contributed by atoms with E-state index in [1.54, 1.807) is 0 Å². The molecule has 6 nitrogen and oxygen atoms in total. The van der Waals surface area contributed by atoms with Gasteiger partial charge in [0.25, 0.3) is 0 Å². The van der Waals surface area contributed by atoms with Gasteiger partial charge < -0.3 is 19.9 Å². The zero-order chi connectivity index (χ0) is 17.7. The van der Waals surface area contributed by atoms with Crippen molar-refractivity contribution in [1.29, 1.82) is 0 Å². The van der Waals surface area contributed by atoms with Crippen LogP contribution in [0, 0.1) is 11.8 Å². The Morgan fingerprint density at radius 3 is 2.85 bits per heavy atom. The fourth-order valence-electron chi connectivity index (χ4n) is 4.98. The molecule has 3 unspecified atom stereocenters. The highest BCUT2D eigenvalue weighted by Crippen LogP contribution is 2.40. The molecule has 4 aliphatic rings. The predicted octanol–water partition coefficient (Wildman–Crippen LogP) is 2.67. The summed E-state index contributed by atoms with van der Waals surface area (Å²) in [6.45, 7) is 1.47. The fourth-order valence-corrected chi connectivity index (χ4v) is 4.98. The van der Waals surface area contributed by atoms with Crippen molar-refractivity contribution in [3.05, 3.63) is 30.1 Å². The lowest BCUT2D eigenvalue weighted by Gasteiger charge is -2.49. The predicted molar refractivity (Wildman–Crippen MR) is 98.7 cm³/mol. The Kier molecular flexibility index (Phi) is 3.89. The summed E-state index contributed by atoms with van der Waals surface area (Å²) in [6.07, 6.45) is 5.64. The highest BCUT2D eigenvalue weighted by molar-refractivity contribution is 5.77. The molecule has 3 atom stereocenters. The summed E-state index contributed by atoms with van der Waals surface area (Å²) in [4.78, 5) is 19.6. The number of carbonyl (C=O) groups is 1. The van der Waals surface area contributed by atoms with Gasteiger partial charge in [0.05, 0.1) is 17.6 Å². The van der Waals surface area contributed by atoms with Gasteiger partial charge in [0, 0.05) is 31.2 Å². The maximum atomic E-state index is 12.8. The number of carbonyl (C=O) groups excluding carboxylic acids is 1. The van der Waals surface area contributed by atoms with Crippen molar-refractivity contribution in [2.45, 2.75) is 50.7 Å². The number of hydrogen-bond acceptors (Lipinski definition) is 3. The van der Waals surface area contributed by atoms with Crippen molar-refractivity contribution in [2.24, 2.45) is 11.8 Å². The van der Waals surface area contributed by atoms with Crippen molar-refractivity contribution in [3.63, 3.8) is 0 Å². The number of benzene rings is 1. The monoisotopic (exact) mass is 354 g/mol. The largest absolute Gasteiger partial charge is 0.396 e. The van der Waals surface area contributed by atoms with Crippen molar-refractivity contribution in [1.82, 2.24) is 19.8 Å². The topological polar surface area (TPSA) is 70.4 Å². The molecule has 2 aliphatic carbocycles. The van der Waals surface area contributed by atoms with E-state index in [0.717, 1.165) is 36.2 Å². The number of amides is 2. The van der Waals surface area contributed by atoms with E-state index in [2.05, 4.69) is 16.0 Å². The number of para-hydroxylation sites is 2. The van der Waals surface area contributed by atoms with Crippen molar-refractivity contribution >= 4 is 17.1 Å². The van der Waals surface area contributed by atoms with Crippen molar-refractivity contribution in [2.75, 3.05) is 13.2 Å². The molecule has 2 aromatic rings. The number of aliphatic hydroxyl groups is 1. The first-order valence-electron chi connectivity index (χ1n) is 9.85. The zero-order valence-corrected chi connectivity index (χ0v) is 15.0. The second-order valence-corrected chi connectivity index (χ2v) is 8.12. The minimum Gasteiger partial charge on any atom is -0.396 e. The molecular weight excluding hydrogens is 328 g/mol. The van der Waals surface area contributed by atoms with Crippen LogP contribution in [-0.2, 0) is 6.54 Å². The van der Waals surface area contributed by atoms with Gasteiger partial charge in [-0.3, -0.25) is 0 Å². The third kappa shape index (κ3) is 2.67. The second-order valence-electron chi connectivity index (χ2n) is 8.12. The van der Waals surface area contributed by atoms with E-state index in [-0.39, 0.29) is 24.6 Å². The van der Waals surface area contributed by atoms with Crippen LogP contribution in [0.5, 0.6) is 0 Å². The molecule has 4 fully saturated rings. The molecule has 3 heterocycles. The van der Waals surface area contributed by atoms with E-state index in [0.29, 0.717) is 18.5 Å². The first-order chi connectivity index (χ1) is 12.7. The molecule has 2 saturated heterocycles. The summed E-state index contributed by atoms with van der Waals surface area (Å²) in [5.74, 6) is 1.73. The number of fused-ring (bicyclic) bond motifs is 4. The number of nitrogens with zero attached hydrogens (tertiary/aromatic N) is 3. The molecule has 138 valence electrons. The number of urea groups is 1. The Labute approximate surface area is 153 Å². The van der Waals surface area contributed by atoms with Crippen LogP contribution in [0.25, 0.3) is 11.0 Å². The maximum Gasteiger partial charge on any atom is 0.318 e. The molecule has 1 aromatic carbocycles. The van der Waals surface area contributed by atoms with Gasteiger partial charge in [-0.1, -0.05) is 12.1 Å². The molecule has 6 heteroatoms. The Balaban J connectivity index is 1.33. The molecule has 2 amide bonds. The molecule has 26 heavy (non-hydrogen) atoms. The van der Waals surface area contributed by atoms with Crippen LogP contribution < -0.4 is 5.32 Å². The lowest BCUT2D eigenvalue weighted by molar-refractivity contribution is 0.00383. The molecular formula is C20H26N4O2. The van der Waals surface area contributed by atoms with E-state index in [9.17, 15) is 9.90 Å². The van der Waals surface area contributed by atoms with Crippen LogP contribution in [0.3, 0.4) is 0 Å². The average Bonchev–Trinajstić information content (AvgIpc) is 3.46. The first kappa shape index (κ1) is 16.1. The number of nitrogens with one attached hydrogen (secondary N) is 1. The lowest BCUT2D eigenvalue weighted by Crippen LogP contribution is -2.58. The summed E-state index contributed by atoms with van der Waals surface area (Å²) in [5.41, 5.74) is 2.16. The van der Waals surface area contributed by atoms with Gasteiger partial charge in [-0.25, -0.2) is 9.78 Å². The third-order valence-electron chi connectivity index (χ3n) is 6.38. The second kappa shape index (κ2) is 6.27. The zero-order valence-electron chi connectivity index (χ0n) is 15.0. The summed E-state index contributed by atoms with van der Waals surface area (Å²) >= 11 is 0. The van der Waals surface area contributed by atoms with Gasteiger partial charge in [0.2, 0.25) is 0 Å². The van der Waals surface area contributed by atoms with Gasteiger partial charge in [0.15, 0.2) is 0 Å². The van der Waals surface area contributed by atoms with Crippen LogP contribution >= 0.6 is 0 Å². The SMILES string of the molecule is O=C(NCc1nc2ccccc2n1C1CC1)N1CC2CCC1C(CO)C2. The Bertz CT molecular complexity index is 828. The summed E-state index contributed by atoms with van der Waals surface area (Å²) in [6, 6.07) is 8.91. The number of rotatable bonds is 4. The number of imidazole rings is 1. The molecule has 6 rings (SSSR count). The van der Waals surface area contributed by atoms with Crippen molar-refractivity contribution < 1.29 is 9.90 Å². The van der Waals surface area contributed by atoms with Gasteiger partial charge in [0.1, 0.15) is 5.82 Å². The summed E-state index contributed by atoms with van der Waals surface area (Å²) < 4.78 is 2.30. The molecule has 2 aliphatic heterocycles. The van der Waals surface area contributed by atoms with Gasteiger partial charge in [-0.05, 0) is 50.2 Å². The fraction of sp³-hybridized carbons (Fsp3) is 0.600. The van der Waals surface area contributed by atoms with Gasteiger partial charge in [-0.2, -0.15) is 0 Å².